The number of hydrogen-bond donors (Lipinski definition) is 1. The van der Waals surface area contributed by atoms with Gasteiger partial charge in [0.2, 0.25) is 0 Å². The van der Waals surface area contributed by atoms with Crippen LogP contribution in [0.15, 0.2) is 0 Å². The van der Waals surface area contributed by atoms with Crippen molar-refractivity contribution in [2.45, 2.75) is 64.1 Å². The van der Waals surface area contributed by atoms with Crippen LogP contribution >= 0.6 is 0 Å². The van der Waals surface area contributed by atoms with Gasteiger partial charge in [-0.3, -0.25) is 9.80 Å². The fraction of sp³-hybridized carbons (Fsp3) is 1.00. The first kappa shape index (κ1) is 14.3. The first-order valence-corrected chi connectivity index (χ1v) is 7.70. The molecule has 0 saturated carbocycles. The normalized spacial score (nSPS) is 35.2. The third-order valence-corrected chi connectivity index (χ3v) is 5.70. The summed E-state index contributed by atoms with van der Waals surface area (Å²) in [6, 6.07) is 1.30. The first-order valence-electron chi connectivity index (χ1n) is 7.70. The summed E-state index contributed by atoms with van der Waals surface area (Å²) in [5.41, 5.74) is 6.47. The molecular weight excluding hydrogens is 222 g/mol. The van der Waals surface area contributed by atoms with Crippen molar-refractivity contribution in [3.8, 4) is 0 Å². The van der Waals surface area contributed by atoms with Crippen molar-refractivity contribution in [3.63, 3.8) is 0 Å². The van der Waals surface area contributed by atoms with Gasteiger partial charge < -0.3 is 5.73 Å². The smallest absolute Gasteiger partial charge is 0.0498 e. The highest BCUT2D eigenvalue weighted by Crippen LogP contribution is 2.39. The Bertz CT molecular complexity index is 279. The van der Waals surface area contributed by atoms with E-state index in [1.54, 1.807) is 0 Å². The van der Waals surface area contributed by atoms with E-state index in [0.29, 0.717) is 18.0 Å². The molecule has 0 amide bonds. The molecule has 0 aliphatic carbocycles. The highest BCUT2D eigenvalue weighted by Gasteiger charge is 2.50. The standard InChI is InChI=1S/C15H31N3/c1-12(2)13(3)17(4)15(11-16)8-10-18-9-6-5-7-14(15)18/h12-14H,5-11,16H2,1-4H3. The fourth-order valence-corrected chi connectivity index (χ4v) is 4.02. The second kappa shape index (κ2) is 5.48. The van der Waals surface area contributed by atoms with E-state index in [-0.39, 0.29) is 5.54 Å². The number of likely N-dealkylation sites (N-methyl/N-ethyl adjacent to an activating group) is 1. The maximum atomic E-state index is 6.25. The van der Waals surface area contributed by atoms with Crippen LogP contribution in [-0.4, -0.2) is 54.1 Å². The molecule has 2 saturated heterocycles. The van der Waals surface area contributed by atoms with Crippen molar-refractivity contribution in [2.24, 2.45) is 11.7 Å². The summed E-state index contributed by atoms with van der Waals surface area (Å²) in [7, 11) is 2.30. The molecule has 2 rings (SSSR count). The molecule has 2 N–H and O–H groups in total. The van der Waals surface area contributed by atoms with Gasteiger partial charge in [-0.15, -0.1) is 0 Å². The van der Waals surface area contributed by atoms with Gasteiger partial charge >= 0.3 is 0 Å². The molecule has 2 fully saturated rings. The highest BCUT2D eigenvalue weighted by atomic mass is 15.3. The van der Waals surface area contributed by atoms with Crippen LogP contribution < -0.4 is 5.73 Å². The quantitative estimate of drug-likeness (QED) is 0.831. The van der Waals surface area contributed by atoms with Crippen LogP contribution in [0.4, 0.5) is 0 Å². The third-order valence-electron chi connectivity index (χ3n) is 5.70. The molecule has 2 aliphatic heterocycles. The van der Waals surface area contributed by atoms with Gasteiger partial charge in [-0.25, -0.2) is 0 Å². The topological polar surface area (TPSA) is 32.5 Å². The van der Waals surface area contributed by atoms with Crippen LogP contribution in [0.1, 0.15) is 46.5 Å². The minimum absolute atomic E-state index is 0.226. The highest BCUT2D eigenvalue weighted by molar-refractivity contribution is 5.09. The Balaban J connectivity index is 2.19. The van der Waals surface area contributed by atoms with Crippen molar-refractivity contribution < 1.29 is 0 Å². The molecule has 0 aromatic rings. The molecule has 0 spiro atoms. The second-order valence-corrected chi connectivity index (χ2v) is 6.70. The number of piperidine rings is 1. The summed E-state index contributed by atoms with van der Waals surface area (Å²) in [5, 5.41) is 0. The number of nitrogens with zero attached hydrogens (tertiary/aromatic N) is 2. The zero-order chi connectivity index (χ0) is 13.3. The molecule has 106 valence electrons. The number of rotatable bonds is 4. The number of nitrogens with two attached hydrogens (primary N) is 1. The van der Waals surface area contributed by atoms with Crippen LogP contribution in [-0.2, 0) is 0 Å². The van der Waals surface area contributed by atoms with Crippen LogP contribution in [0.3, 0.4) is 0 Å². The van der Waals surface area contributed by atoms with Gasteiger partial charge in [0.15, 0.2) is 0 Å². The molecule has 0 radical (unpaired) electrons. The van der Waals surface area contributed by atoms with E-state index >= 15 is 0 Å². The molecule has 2 heterocycles. The van der Waals surface area contributed by atoms with Gasteiger partial charge in [-0.1, -0.05) is 20.3 Å². The molecule has 3 heteroatoms. The van der Waals surface area contributed by atoms with Crippen molar-refractivity contribution in [3.05, 3.63) is 0 Å². The molecule has 3 atom stereocenters. The first-order chi connectivity index (χ1) is 8.53. The van der Waals surface area contributed by atoms with Crippen LogP contribution in [0.5, 0.6) is 0 Å². The van der Waals surface area contributed by atoms with Gasteiger partial charge in [0.1, 0.15) is 0 Å². The number of fused-ring (bicyclic) bond motifs is 1. The fourth-order valence-electron chi connectivity index (χ4n) is 4.02. The molecule has 0 bridgehead atoms. The Kier molecular flexibility index (Phi) is 4.35. The van der Waals surface area contributed by atoms with Gasteiger partial charge in [-0.2, -0.15) is 0 Å². The lowest BCUT2D eigenvalue weighted by molar-refractivity contribution is 0.0185. The summed E-state index contributed by atoms with van der Waals surface area (Å²) in [6.07, 6.45) is 5.35. The van der Waals surface area contributed by atoms with Crippen molar-refractivity contribution in [1.82, 2.24) is 9.80 Å². The second-order valence-electron chi connectivity index (χ2n) is 6.70. The van der Waals surface area contributed by atoms with Crippen molar-refractivity contribution >= 4 is 0 Å². The van der Waals surface area contributed by atoms with Gasteiger partial charge in [-0.05, 0) is 45.7 Å². The Labute approximate surface area is 113 Å². The zero-order valence-electron chi connectivity index (χ0n) is 12.7. The summed E-state index contributed by atoms with van der Waals surface area (Å²) >= 11 is 0. The summed E-state index contributed by atoms with van der Waals surface area (Å²) in [4.78, 5) is 5.30. The van der Waals surface area contributed by atoms with E-state index < -0.39 is 0 Å². The average molecular weight is 253 g/mol. The lowest BCUT2D eigenvalue weighted by atomic mass is 9.82. The predicted octanol–water partition coefficient (Wildman–Crippen LogP) is 1.92. The van der Waals surface area contributed by atoms with E-state index in [0.717, 1.165) is 6.54 Å². The average Bonchev–Trinajstić information content (AvgIpc) is 2.77. The Morgan fingerprint density at radius 2 is 2.00 bits per heavy atom. The Hall–Kier alpha value is -0.120. The van der Waals surface area contributed by atoms with Crippen molar-refractivity contribution in [2.75, 3.05) is 26.7 Å². The Morgan fingerprint density at radius 3 is 2.61 bits per heavy atom. The van der Waals surface area contributed by atoms with E-state index in [1.807, 2.05) is 0 Å². The van der Waals surface area contributed by atoms with Crippen molar-refractivity contribution in [1.29, 1.82) is 0 Å². The van der Waals surface area contributed by atoms with Crippen LogP contribution in [0.2, 0.25) is 0 Å². The van der Waals surface area contributed by atoms with Gasteiger partial charge in [0.05, 0.1) is 0 Å². The minimum atomic E-state index is 0.226. The maximum absolute atomic E-state index is 6.25. The molecule has 18 heavy (non-hydrogen) atoms. The lowest BCUT2D eigenvalue weighted by Crippen LogP contribution is -2.63. The zero-order valence-corrected chi connectivity index (χ0v) is 12.7. The molecule has 2 aliphatic rings. The monoisotopic (exact) mass is 253 g/mol. The molecule has 3 nitrogen and oxygen atoms in total. The molecular formula is C15H31N3. The summed E-state index contributed by atoms with van der Waals surface area (Å²) < 4.78 is 0. The van der Waals surface area contributed by atoms with Crippen LogP contribution in [0.25, 0.3) is 0 Å². The SMILES string of the molecule is CC(C)C(C)N(C)C1(CN)CCN2CCCCC21. The predicted molar refractivity (Wildman–Crippen MR) is 77.7 cm³/mol. The summed E-state index contributed by atoms with van der Waals surface area (Å²) in [5.74, 6) is 0.691. The van der Waals surface area contributed by atoms with E-state index in [4.69, 9.17) is 5.73 Å². The van der Waals surface area contributed by atoms with Gasteiger partial charge in [0, 0.05) is 30.7 Å². The largest absolute Gasteiger partial charge is 0.329 e. The Morgan fingerprint density at radius 1 is 1.28 bits per heavy atom. The third kappa shape index (κ3) is 2.21. The lowest BCUT2D eigenvalue weighted by Gasteiger charge is -2.49. The molecule has 0 aromatic carbocycles. The van der Waals surface area contributed by atoms with E-state index in [2.05, 4.69) is 37.6 Å². The van der Waals surface area contributed by atoms with Gasteiger partial charge in [0.25, 0.3) is 0 Å². The summed E-state index contributed by atoms with van der Waals surface area (Å²) in [6.45, 7) is 10.3. The molecule has 3 unspecified atom stereocenters. The van der Waals surface area contributed by atoms with E-state index in [9.17, 15) is 0 Å². The maximum Gasteiger partial charge on any atom is 0.0498 e. The number of hydrogen-bond acceptors (Lipinski definition) is 3. The van der Waals surface area contributed by atoms with Crippen LogP contribution in [0, 0.1) is 5.92 Å². The molecule has 0 aromatic heterocycles. The minimum Gasteiger partial charge on any atom is -0.329 e. The van der Waals surface area contributed by atoms with E-state index in [1.165, 1.54) is 38.8 Å².